The van der Waals surface area contributed by atoms with Crippen LogP contribution in [0.3, 0.4) is 0 Å². The van der Waals surface area contributed by atoms with Gasteiger partial charge in [-0.2, -0.15) is 0 Å². The van der Waals surface area contributed by atoms with E-state index >= 15 is 0 Å². The van der Waals surface area contributed by atoms with Crippen molar-refractivity contribution in [1.82, 2.24) is 0 Å². The van der Waals surface area contributed by atoms with E-state index in [-0.39, 0.29) is 30.5 Å². The van der Waals surface area contributed by atoms with Gasteiger partial charge in [0.25, 0.3) is 0 Å². The van der Waals surface area contributed by atoms with Crippen LogP contribution in [-0.2, 0) is 0 Å². The Bertz CT molecular complexity index is 605. The van der Waals surface area contributed by atoms with Crippen LogP contribution in [0.15, 0.2) is 42.5 Å². The lowest BCUT2D eigenvalue weighted by Gasteiger charge is -2.29. The second-order valence-electron chi connectivity index (χ2n) is 6.87. The third kappa shape index (κ3) is 3.70. The summed E-state index contributed by atoms with van der Waals surface area (Å²) in [4.78, 5) is 0. The Labute approximate surface area is 136 Å². The van der Waals surface area contributed by atoms with Crippen LogP contribution in [-0.4, -0.2) is 5.92 Å². The Morgan fingerprint density at radius 3 is 2.57 bits per heavy atom. The maximum Gasteiger partial charge on any atom is 0.248 e. The van der Waals surface area contributed by atoms with Crippen molar-refractivity contribution in [3.8, 4) is 0 Å². The van der Waals surface area contributed by atoms with Gasteiger partial charge in [-0.05, 0) is 60.8 Å². The van der Waals surface area contributed by atoms with Crippen LogP contribution in [0.25, 0.3) is 0 Å². The third-order valence-corrected chi connectivity index (χ3v) is 5.23. The lowest BCUT2D eigenvalue weighted by Crippen LogP contribution is -2.23. The van der Waals surface area contributed by atoms with Gasteiger partial charge < -0.3 is 0 Å². The fraction of sp³-hybridized carbons (Fsp3) is 0.500. The molecule has 0 aromatic heterocycles. The van der Waals surface area contributed by atoms with Crippen LogP contribution < -0.4 is 0 Å². The fourth-order valence-corrected chi connectivity index (χ4v) is 3.79. The van der Waals surface area contributed by atoms with E-state index in [4.69, 9.17) is 0 Å². The first-order valence-electron chi connectivity index (χ1n) is 8.49. The standard InChI is InChI=1S/C20H23F3/c1-14-5-3-2-4-6-17(14)18-13-16(7-8-19(18)21)15-9-11-20(22,23)12-10-15/h3,5,7-8,13,15,17H,1-2,4,6,9-12H2/t17-/m1/s1. The lowest BCUT2D eigenvalue weighted by molar-refractivity contribution is -0.0382. The molecule has 0 amide bonds. The number of hydrogen-bond acceptors (Lipinski definition) is 0. The first kappa shape index (κ1) is 16.4. The van der Waals surface area contributed by atoms with Crippen LogP contribution in [0.1, 0.15) is 67.9 Å². The molecule has 124 valence electrons. The molecular formula is C20H23F3. The molecule has 1 atom stereocenters. The molecule has 0 aliphatic heterocycles. The highest BCUT2D eigenvalue weighted by Crippen LogP contribution is 2.42. The SMILES string of the molecule is C=C1C=CCCC[C@H]1c1cc(C2CCC(F)(F)CC2)ccc1F. The van der Waals surface area contributed by atoms with Gasteiger partial charge in [-0.25, -0.2) is 13.2 Å². The van der Waals surface area contributed by atoms with E-state index in [1.807, 2.05) is 12.1 Å². The number of benzene rings is 1. The van der Waals surface area contributed by atoms with Gasteiger partial charge in [0, 0.05) is 18.8 Å². The monoisotopic (exact) mass is 320 g/mol. The normalized spacial score (nSPS) is 25.3. The first-order valence-corrected chi connectivity index (χ1v) is 8.49. The van der Waals surface area contributed by atoms with E-state index in [2.05, 4.69) is 12.7 Å². The van der Waals surface area contributed by atoms with Crippen LogP contribution in [0.5, 0.6) is 0 Å². The summed E-state index contributed by atoms with van der Waals surface area (Å²) in [6.45, 7) is 4.08. The Kier molecular flexibility index (Phi) is 4.65. The highest BCUT2D eigenvalue weighted by Gasteiger charge is 2.35. The van der Waals surface area contributed by atoms with Gasteiger partial charge in [0.15, 0.2) is 0 Å². The van der Waals surface area contributed by atoms with E-state index in [1.165, 1.54) is 6.07 Å². The average molecular weight is 320 g/mol. The summed E-state index contributed by atoms with van der Waals surface area (Å²) in [6, 6.07) is 5.17. The van der Waals surface area contributed by atoms with Crippen molar-refractivity contribution in [2.24, 2.45) is 0 Å². The van der Waals surface area contributed by atoms with Gasteiger partial charge in [-0.1, -0.05) is 30.9 Å². The molecule has 1 fully saturated rings. The molecule has 0 bridgehead atoms. The van der Waals surface area contributed by atoms with Crippen molar-refractivity contribution in [3.05, 3.63) is 59.4 Å². The maximum absolute atomic E-state index is 14.4. The number of halogens is 3. The Balaban J connectivity index is 1.85. The van der Waals surface area contributed by atoms with E-state index in [0.29, 0.717) is 18.4 Å². The number of allylic oxidation sites excluding steroid dienone is 3. The van der Waals surface area contributed by atoms with Crippen molar-refractivity contribution in [1.29, 1.82) is 0 Å². The molecule has 1 saturated carbocycles. The molecule has 0 heterocycles. The average Bonchev–Trinajstić information content (AvgIpc) is 2.73. The van der Waals surface area contributed by atoms with Crippen molar-refractivity contribution in [2.45, 2.75) is 62.7 Å². The summed E-state index contributed by atoms with van der Waals surface area (Å²) >= 11 is 0. The molecule has 0 nitrogen and oxygen atoms in total. The Morgan fingerprint density at radius 2 is 1.83 bits per heavy atom. The summed E-state index contributed by atoms with van der Waals surface area (Å²) in [7, 11) is 0. The van der Waals surface area contributed by atoms with E-state index in [0.717, 1.165) is 30.4 Å². The summed E-state index contributed by atoms with van der Waals surface area (Å²) in [5.41, 5.74) is 2.61. The van der Waals surface area contributed by atoms with Crippen molar-refractivity contribution in [2.75, 3.05) is 0 Å². The second kappa shape index (κ2) is 6.54. The molecule has 3 heteroatoms. The van der Waals surface area contributed by atoms with Gasteiger partial charge in [-0.3, -0.25) is 0 Å². The zero-order valence-electron chi connectivity index (χ0n) is 13.3. The van der Waals surface area contributed by atoms with E-state index < -0.39 is 5.92 Å². The topological polar surface area (TPSA) is 0 Å². The summed E-state index contributed by atoms with van der Waals surface area (Å²) < 4.78 is 41.1. The molecule has 0 unspecified atom stereocenters. The molecule has 3 rings (SSSR count). The van der Waals surface area contributed by atoms with Gasteiger partial charge in [0.05, 0.1) is 0 Å². The minimum absolute atomic E-state index is 0.00117. The molecule has 0 spiro atoms. The Morgan fingerprint density at radius 1 is 1.09 bits per heavy atom. The molecule has 23 heavy (non-hydrogen) atoms. The molecule has 2 aliphatic rings. The zero-order valence-corrected chi connectivity index (χ0v) is 13.3. The molecule has 1 aromatic rings. The van der Waals surface area contributed by atoms with Crippen LogP contribution in [0, 0.1) is 5.82 Å². The Hall–Kier alpha value is -1.51. The molecule has 1 aromatic carbocycles. The lowest BCUT2D eigenvalue weighted by atomic mass is 9.80. The summed E-state index contributed by atoms with van der Waals surface area (Å²) in [5, 5.41) is 0. The highest BCUT2D eigenvalue weighted by molar-refractivity contribution is 5.38. The molecular weight excluding hydrogens is 297 g/mol. The predicted molar refractivity (Wildman–Crippen MR) is 87.4 cm³/mol. The van der Waals surface area contributed by atoms with Crippen molar-refractivity contribution >= 4 is 0 Å². The predicted octanol–water partition coefficient (Wildman–Crippen LogP) is 6.50. The number of rotatable bonds is 2. The van der Waals surface area contributed by atoms with Gasteiger partial charge in [0.2, 0.25) is 5.92 Å². The quantitative estimate of drug-likeness (QED) is 0.583. The second-order valence-corrected chi connectivity index (χ2v) is 6.87. The minimum Gasteiger partial charge on any atom is -0.207 e. The number of alkyl halides is 2. The molecule has 0 radical (unpaired) electrons. The fourth-order valence-electron chi connectivity index (χ4n) is 3.79. The van der Waals surface area contributed by atoms with E-state index in [9.17, 15) is 13.2 Å². The smallest absolute Gasteiger partial charge is 0.207 e. The minimum atomic E-state index is -2.53. The van der Waals surface area contributed by atoms with Crippen LogP contribution >= 0.6 is 0 Å². The maximum atomic E-state index is 14.4. The molecule has 2 aliphatic carbocycles. The zero-order chi connectivity index (χ0) is 16.4. The third-order valence-electron chi connectivity index (χ3n) is 5.23. The molecule has 0 saturated heterocycles. The van der Waals surface area contributed by atoms with Crippen LogP contribution in [0.4, 0.5) is 13.2 Å². The number of hydrogen-bond donors (Lipinski definition) is 0. The summed E-state index contributed by atoms with van der Waals surface area (Å²) in [5.74, 6) is -2.63. The van der Waals surface area contributed by atoms with Gasteiger partial charge in [-0.15, -0.1) is 0 Å². The van der Waals surface area contributed by atoms with Gasteiger partial charge in [0.1, 0.15) is 5.82 Å². The largest absolute Gasteiger partial charge is 0.248 e. The molecule has 0 N–H and O–H groups in total. The van der Waals surface area contributed by atoms with Gasteiger partial charge >= 0.3 is 0 Å². The summed E-state index contributed by atoms with van der Waals surface area (Å²) in [6.07, 6.45) is 7.79. The van der Waals surface area contributed by atoms with Crippen molar-refractivity contribution in [3.63, 3.8) is 0 Å². The highest BCUT2D eigenvalue weighted by atomic mass is 19.3. The van der Waals surface area contributed by atoms with Crippen LogP contribution in [0.2, 0.25) is 0 Å². The first-order chi connectivity index (χ1) is 11.0. The van der Waals surface area contributed by atoms with Crippen molar-refractivity contribution < 1.29 is 13.2 Å². The van der Waals surface area contributed by atoms with E-state index in [1.54, 1.807) is 6.07 Å².